The maximum Gasteiger partial charge on any atom is 0.220 e. The van der Waals surface area contributed by atoms with Crippen LogP contribution in [-0.2, 0) is 9.53 Å². The number of rotatable bonds is 4. The number of hydrogen-bond donors (Lipinski definition) is 2. The molecule has 3 aliphatic heterocycles. The number of fused-ring (bicyclic) bond motifs is 1. The quantitative estimate of drug-likeness (QED) is 0.781. The van der Waals surface area contributed by atoms with Crippen molar-refractivity contribution in [3.63, 3.8) is 0 Å². The average molecular weight is 281 g/mol. The third kappa shape index (κ3) is 3.71. The molecule has 0 bridgehead atoms. The fraction of sp³-hybridized carbons (Fsp3) is 0.933. The zero-order valence-corrected chi connectivity index (χ0v) is 12.3. The highest BCUT2D eigenvalue weighted by Crippen LogP contribution is 2.22. The number of nitrogens with zero attached hydrogens (tertiary/aromatic N) is 1. The molecule has 0 aromatic carbocycles. The van der Waals surface area contributed by atoms with Crippen molar-refractivity contribution in [2.75, 3.05) is 39.3 Å². The highest BCUT2D eigenvalue weighted by Gasteiger charge is 2.32. The minimum absolute atomic E-state index is 0.179. The van der Waals surface area contributed by atoms with Crippen LogP contribution in [0.3, 0.4) is 0 Å². The molecule has 3 rings (SSSR count). The lowest BCUT2D eigenvalue weighted by atomic mass is 9.96. The van der Waals surface area contributed by atoms with E-state index in [9.17, 15) is 4.79 Å². The van der Waals surface area contributed by atoms with Gasteiger partial charge in [-0.2, -0.15) is 0 Å². The van der Waals surface area contributed by atoms with Gasteiger partial charge in [-0.15, -0.1) is 0 Å². The van der Waals surface area contributed by atoms with Crippen LogP contribution in [0.15, 0.2) is 0 Å². The molecule has 5 nitrogen and oxygen atoms in total. The lowest BCUT2D eigenvalue weighted by molar-refractivity contribution is -0.123. The second-order valence-electron chi connectivity index (χ2n) is 6.47. The third-order valence-corrected chi connectivity index (χ3v) is 4.86. The Bertz CT molecular complexity index is 331. The largest absolute Gasteiger partial charge is 0.373 e. The summed E-state index contributed by atoms with van der Waals surface area (Å²) >= 11 is 0. The van der Waals surface area contributed by atoms with Gasteiger partial charge in [-0.3, -0.25) is 9.69 Å². The highest BCUT2D eigenvalue weighted by molar-refractivity contribution is 5.76. The summed E-state index contributed by atoms with van der Waals surface area (Å²) in [6.07, 6.45) is 5.77. The Morgan fingerprint density at radius 1 is 1.35 bits per heavy atom. The Hall–Kier alpha value is -0.650. The standard InChI is InChI=1S/C15H27N3O2/c19-15(7-12-3-1-5-16-8-12)17-9-14-10-18-6-2-4-13(18)11-20-14/h12-14,16H,1-11H2,(H,17,19). The Morgan fingerprint density at radius 2 is 2.30 bits per heavy atom. The van der Waals surface area contributed by atoms with Gasteiger partial charge >= 0.3 is 0 Å². The summed E-state index contributed by atoms with van der Waals surface area (Å²) in [5, 5.41) is 6.42. The SMILES string of the molecule is O=C(CC1CCCNC1)NCC1CN2CCCC2CO1. The molecule has 0 spiro atoms. The third-order valence-electron chi connectivity index (χ3n) is 4.86. The zero-order valence-electron chi connectivity index (χ0n) is 12.3. The number of hydrogen-bond acceptors (Lipinski definition) is 4. The predicted octanol–water partition coefficient (Wildman–Crippen LogP) is 0.356. The van der Waals surface area contributed by atoms with Gasteiger partial charge in [0.2, 0.25) is 5.91 Å². The molecule has 5 heteroatoms. The number of carbonyl (C=O) groups excluding carboxylic acids is 1. The molecular formula is C15H27N3O2. The summed E-state index contributed by atoms with van der Waals surface area (Å²) < 4.78 is 5.86. The van der Waals surface area contributed by atoms with Crippen molar-refractivity contribution in [3.05, 3.63) is 0 Å². The van der Waals surface area contributed by atoms with Crippen LogP contribution in [0.25, 0.3) is 0 Å². The van der Waals surface area contributed by atoms with Crippen LogP contribution in [0.4, 0.5) is 0 Å². The van der Waals surface area contributed by atoms with Gasteiger partial charge in [-0.1, -0.05) is 0 Å². The summed E-state index contributed by atoms with van der Waals surface area (Å²) in [7, 11) is 0. The van der Waals surface area contributed by atoms with E-state index in [1.165, 1.54) is 32.2 Å². The molecule has 0 aromatic heterocycles. The number of ether oxygens (including phenoxy) is 1. The van der Waals surface area contributed by atoms with Crippen LogP contribution in [0, 0.1) is 5.92 Å². The number of nitrogens with one attached hydrogen (secondary N) is 2. The summed E-state index contributed by atoms with van der Waals surface area (Å²) in [6, 6.07) is 0.635. The van der Waals surface area contributed by atoms with Gasteiger partial charge in [0.15, 0.2) is 0 Å². The van der Waals surface area contributed by atoms with Crippen molar-refractivity contribution in [2.24, 2.45) is 5.92 Å². The normalized spacial score (nSPS) is 34.7. The van der Waals surface area contributed by atoms with E-state index in [1.807, 2.05) is 0 Å². The molecule has 3 aliphatic rings. The van der Waals surface area contributed by atoms with Gasteiger partial charge in [0.1, 0.15) is 0 Å². The lowest BCUT2D eigenvalue weighted by Gasteiger charge is -2.35. The first-order valence-corrected chi connectivity index (χ1v) is 8.14. The van der Waals surface area contributed by atoms with Crippen LogP contribution in [0.2, 0.25) is 0 Å². The molecular weight excluding hydrogens is 254 g/mol. The first kappa shape index (κ1) is 14.3. The Kier molecular flexibility index (Phi) is 4.91. The molecule has 1 amide bonds. The van der Waals surface area contributed by atoms with E-state index in [0.717, 1.165) is 26.2 Å². The second kappa shape index (κ2) is 6.87. The van der Waals surface area contributed by atoms with Gasteiger partial charge in [0.25, 0.3) is 0 Å². The molecule has 0 aromatic rings. The minimum atomic E-state index is 0.179. The first-order valence-electron chi connectivity index (χ1n) is 8.14. The van der Waals surface area contributed by atoms with Gasteiger partial charge in [-0.25, -0.2) is 0 Å². The van der Waals surface area contributed by atoms with Crippen LogP contribution in [0.5, 0.6) is 0 Å². The van der Waals surface area contributed by atoms with Crippen LogP contribution < -0.4 is 10.6 Å². The average Bonchev–Trinajstić information content (AvgIpc) is 2.93. The van der Waals surface area contributed by atoms with Crippen molar-refractivity contribution in [3.8, 4) is 0 Å². The number of carbonyl (C=O) groups is 1. The smallest absolute Gasteiger partial charge is 0.220 e. The zero-order chi connectivity index (χ0) is 13.8. The van der Waals surface area contributed by atoms with E-state index >= 15 is 0 Å². The Morgan fingerprint density at radius 3 is 3.15 bits per heavy atom. The summed E-state index contributed by atoms with van der Waals surface area (Å²) in [6.45, 7) is 5.78. The fourth-order valence-corrected chi connectivity index (χ4v) is 3.67. The number of morpholine rings is 1. The molecule has 0 aliphatic carbocycles. The van der Waals surface area contributed by atoms with Crippen molar-refractivity contribution < 1.29 is 9.53 Å². The molecule has 3 unspecified atom stereocenters. The first-order chi connectivity index (χ1) is 9.81. The molecule has 3 saturated heterocycles. The van der Waals surface area contributed by atoms with E-state index in [4.69, 9.17) is 4.74 Å². The van der Waals surface area contributed by atoms with Gasteiger partial charge in [0.05, 0.1) is 12.7 Å². The molecule has 2 N–H and O–H groups in total. The maximum absolute atomic E-state index is 12.0. The van der Waals surface area contributed by atoms with Crippen LogP contribution in [0.1, 0.15) is 32.1 Å². The molecule has 3 heterocycles. The topological polar surface area (TPSA) is 53.6 Å². The van der Waals surface area contributed by atoms with E-state index in [2.05, 4.69) is 15.5 Å². The molecule has 0 radical (unpaired) electrons. The molecule has 0 saturated carbocycles. The summed E-state index contributed by atoms with van der Waals surface area (Å²) in [5.41, 5.74) is 0. The Balaban J connectivity index is 1.35. The predicted molar refractivity (Wildman–Crippen MR) is 77.6 cm³/mol. The van der Waals surface area contributed by atoms with Crippen LogP contribution >= 0.6 is 0 Å². The minimum Gasteiger partial charge on any atom is -0.373 e. The number of piperidine rings is 1. The lowest BCUT2D eigenvalue weighted by Crippen LogP contribution is -2.50. The van der Waals surface area contributed by atoms with Crippen molar-refractivity contribution in [1.29, 1.82) is 0 Å². The Labute approximate surface area is 121 Å². The molecule has 114 valence electrons. The van der Waals surface area contributed by atoms with Crippen molar-refractivity contribution in [1.82, 2.24) is 15.5 Å². The molecule has 3 atom stereocenters. The van der Waals surface area contributed by atoms with Crippen molar-refractivity contribution in [2.45, 2.75) is 44.2 Å². The van der Waals surface area contributed by atoms with Crippen molar-refractivity contribution >= 4 is 5.91 Å². The summed E-state index contributed by atoms with van der Waals surface area (Å²) in [4.78, 5) is 14.5. The number of amides is 1. The highest BCUT2D eigenvalue weighted by atomic mass is 16.5. The van der Waals surface area contributed by atoms with Crippen LogP contribution in [-0.4, -0.2) is 62.3 Å². The second-order valence-corrected chi connectivity index (χ2v) is 6.47. The summed E-state index contributed by atoms with van der Waals surface area (Å²) in [5.74, 6) is 0.699. The van der Waals surface area contributed by atoms with E-state index in [0.29, 0.717) is 24.9 Å². The fourth-order valence-electron chi connectivity index (χ4n) is 3.67. The maximum atomic E-state index is 12.0. The molecule has 3 fully saturated rings. The van der Waals surface area contributed by atoms with E-state index in [-0.39, 0.29) is 12.0 Å². The van der Waals surface area contributed by atoms with E-state index < -0.39 is 0 Å². The van der Waals surface area contributed by atoms with Gasteiger partial charge < -0.3 is 15.4 Å². The van der Waals surface area contributed by atoms with E-state index in [1.54, 1.807) is 0 Å². The van der Waals surface area contributed by atoms with Gasteiger partial charge in [-0.05, 0) is 51.2 Å². The molecule has 20 heavy (non-hydrogen) atoms. The monoisotopic (exact) mass is 281 g/mol. The van der Waals surface area contributed by atoms with Gasteiger partial charge in [0, 0.05) is 25.6 Å².